The molecule has 0 aliphatic carbocycles. The highest BCUT2D eigenvalue weighted by Gasteiger charge is 2.18. The normalized spacial score (nSPS) is 11.3. The van der Waals surface area contributed by atoms with Gasteiger partial charge in [-0.25, -0.2) is 23.7 Å². The molecule has 0 spiro atoms. The van der Waals surface area contributed by atoms with Gasteiger partial charge < -0.3 is 14.6 Å². The summed E-state index contributed by atoms with van der Waals surface area (Å²) in [5, 5.41) is 3.80. The summed E-state index contributed by atoms with van der Waals surface area (Å²) >= 11 is 11.7. The fourth-order valence-corrected chi connectivity index (χ4v) is 3.85. The van der Waals surface area contributed by atoms with E-state index in [-0.39, 0.29) is 28.9 Å². The van der Waals surface area contributed by atoms with Crippen LogP contribution in [0.25, 0.3) is 11.2 Å². The first-order chi connectivity index (χ1) is 17.9. The number of aromatic nitrogens is 6. The van der Waals surface area contributed by atoms with E-state index >= 15 is 0 Å². The number of ether oxygens (including phenoxy) is 1. The van der Waals surface area contributed by atoms with E-state index in [1.54, 1.807) is 41.0 Å². The summed E-state index contributed by atoms with van der Waals surface area (Å²) in [5.41, 5.74) is 0.986. The molecule has 0 amide bonds. The maximum Gasteiger partial charge on any atom is 0.300 e. The van der Waals surface area contributed by atoms with Crippen LogP contribution in [0.4, 0.5) is 20.4 Å². The third-order valence-corrected chi connectivity index (χ3v) is 5.72. The zero-order valence-corrected chi connectivity index (χ0v) is 20.4. The SMILES string of the molecule is O=c1nc(Nc2ccc(Oc3cnc(Cl)nc3)cc2)n(Cc2ccc(Cl)cc2)c2ncn(CC(F)F)c12. The first-order valence-electron chi connectivity index (χ1n) is 10.9. The molecule has 0 atom stereocenters. The number of fused-ring (bicyclic) bond motifs is 1. The molecular weight excluding hydrogens is 527 g/mol. The van der Waals surface area contributed by atoms with Gasteiger partial charge in [-0.15, -0.1) is 0 Å². The van der Waals surface area contributed by atoms with Crippen molar-refractivity contribution < 1.29 is 13.5 Å². The first-order valence-corrected chi connectivity index (χ1v) is 11.6. The topological polar surface area (TPSA) is 99.8 Å². The summed E-state index contributed by atoms with van der Waals surface area (Å²) in [7, 11) is 0. The second-order valence-electron chi connectivity index (χ2n) is 7.85. The van der Waals surface area contributed by atoms with E-state index in [1.807, 2.05) is 12.1 Å². The Morgan fingerprint density at radius 1 is 0.946 bits per heavy atom. The van der Waals surface area contributed by atoms with Crippen LogP contribution in [0.15, 0.2) is 72.0 Å². The van der Waals surface area contributed by atoms with Crippen LogP contribution in [0.3, 0.4) is 0 Å². The number of nitrogens with one attached hydrogen (secondary N) is 1. The number of alkyl halides is 2. The molecule has 1 N–H and O–H groups in total. The molecule has 188 valence electrons. The predicted molar refractivity (Wildman–Crippen MR) is 135 cm³/mol. The maximum absolute atomic E-state index is 13.1. The van der Waals surface area contributed by atoms with Crippen LogP contribution in [0.2, 0.25) is 10.3 Å². The average molecular weight is 544 g/mol. The average Bonchev–Trinajstić information content (AvgIpc) is 3.29. The third-order valence-electron chi connectivity index (χ3n) is 5.27. The Bertz CT molecular complexity index is 1590. The summed E-state index contributed by atoms with van der Waals surface area (Å²) in [6.45, 7) is -0.409. The number of halogens is 4. The Morgan fingerprint density at radius 3 is 2.32 bits per heavy atom. The number of rotatable bonds is 8. The van der Waals surface area contributed by atoms with Gasteiger partial charge in [0.1, 0.15) is 5.75 Å². The quantitative estimate of drug-likeness (QED) is 0.256. The molecule has 0 bridgehead atoms. The number of nitrogens with zero attached hydrogens (tertiary/aromatic N) is 6. The number of hydrogen-bond donors (Lipinski definition) is 1. The fourth-order valence-electron chi connectivity index (χ4n) is 3.63. The highest BCUT2D eigenvalue weighted by atomic mass is 35.5. The van der Waals surface area contributed by atoms with Crippen molar-refractivity contribution in [2.75, 3.05) is 5.32 Å². The lowest BCUT2D eigenvalue weighted by Gasteiger charge is -2.16. The Hall–Kier alpha value is -4.09. The first kappa shape index (κ1) is 24.6. The molecule has 0 radical (unpaired) electrons. The maximum atomic E-state index is 13.1. The number of imidazole rings is 1. The molecule has 13 heteroatoms. The van der Waals surface area contributed by atoms with E-state index in [9.17, 15) is 13.6 Å². The molecule has 5 rings (SSSR count). The Morgan fingerprint density at radius 2 is 1.65 bits per heavy atom. The van der Waals surface area contributed by atoms with Crippen LogP contribution in [0.1, 0.15) is 5.56 Å². The Kier molecular flexibility index (Phi) is 6.97. The van der Waals surface area contributed by atoms with E-state index in [2.05, 4.69) is 25.3 Å². The van der Waals surface area contributed by atoms with Gasteiger partial charge in [-0.2, -0.15) is 4.98 Å². The molecule has 3 aromatic heterocycles. The van der Waals surface area contributed by atoms with Gasteiger partial charge in [-0.3, -0.25) is 9.36 Å². The minimum absolute atomic E-state index is 0.00579. The monoisotopic (exact) mass is 543 g/mol. The summed E-state index contributed by atoms with van der Waals surface area (Å²) in [4.78, 5) is 29.0. The predicted octanol–water partition coefficient (Wildman–Crippen LogP) is 5.54. The zero-order valence-electron chi connectivity index (χ0n) is 18.9. The summed E-state index contributed by atoms with van der Waals surface area (Å²) in [6, 6.07) is 14.0. The van der Waals surface area contributed by atoms with Crippen molar-refractivity contribution in [2.24, 2.45) is 0 Å². The van der Waals surface area contributed by atoms with E-state index in [4.69, 9.17) is 27.9 Å². The van der Waals surface area contributed by atoms with Gasteiger partial charge in [-0.05, 0) is 53.6 Å². The van der Waals surface area contributed by atoms with Crippen LogP contribution >= 0.6 is 23.2 Å². The molecule has 0 saturated carbocycles. The van der Waals surface area contributed by atoms with Crippen LogP contribution in [-0.4, -0.2) is 35.5 Å². The van der Waals surface area contributed by atoms with Crippen molar-refractivity contribution in [1.82, 2.24) is 29.1 Å². The van der Waals surface area contributed by atoms with Crippen molar-refractivity contribution in [2.45, 2.75) is 19.5 Å². The number of anilines is 2. The van der Waals surface area contributed by atoms with Crippen molar-refractivity contribution in [3.05, 3.63) is 93.5 Å². The molecule has 0 unspecified atom stereocenters. The van der Waals surface area contributed by atoms with Crippen molar-refractivity contribution in [1.29, 1.82) is 0 Å². The van der Waals surface area contributed by atoms with Gasteiger partial charge in [-0.1, -0.05) is 23.7 Å². The van der Waals surface area contributed by atoms with E-state index < -0.39 is 18.5 Å². The van der Waals surface area contributed by atoms with Crippen molar-refractivity contribution in [3.8, 4) is 11.5 Å². The highest BCUT2D eigenvalue weighted by molar-refractivity contribution is 6.30. The molecule has 0 aliphatic rings. The lowest BCUT2D eigenvalue weighted by atomic mass is 10.2. The lowest BCUT2D eigenvalue weighted by molar-refractivity contribution is 0.128. The third kappa shape index (κ3) is 5.68. The molecule has 5 aromatic rings. The second-order valence-corrected chi connectivity index (χ2v) is 8.63. The van der Waals surface area contributed by atoms with Gasteiger partial charge in [0.15, 0.2) is 16.9 Å². The van der Waals surface area contributed by atoms with Crippen LogP contribution in [0, 0.1) is 0 Å². The lowest BCUT2D eigenvalue weighted by Crippen LogP contribution is -2.21. The molecule has 0 fully saturated rings. The number of benzene rings is 2. The Balaban J connectivity index is 1.48. The largest absolute Gasteiger partial charge is 0.454 e. The Labute approximate surface area is 218 Å². The molecular formula is C24H17Cl2F2N7O2. The molecule has 3 heterocycles. The smallest absolute Gasteiger partial charge is 0.300 e. The van der Waals surface area contributed by atoms with E-state index in [0.29, 0.717) is 22.2 Å². The standard InChI is InChI=1S/C24H17Cl2F2N7O2/c25-15-3-1-14(2-4-15)11-35-21-20(34(13-31-21)12-19(27)28)22(36)33-24(35)32-16-5-7-17(8-6-16)37-18-9-29-23(26)30-10-18/h1-10,13,19H,11-12H2,(H,32,33,36). The van der Waals surface area contributed by atoms with E-state index in [1.165, 1.54) is 18.7 Å². The molecule has 0 saturated heterocycles. The van der Waals surface area contributed by atoms with Crippen LogP contribution in [0.5, 0.6) is 11.5 Å². The van der Waals surface area contributed by atoms with Gasteiger partial charge in [0.25, 0.3) is 6.43 Å². The molecule has 0 aliphatic heterocycles. The molecule has 9 nitrogen and oxygen atoms in total. The van der Waals surface area contributed by atoms with Crippen LogP contribution in [-0.2, 0) is 13.1 Å². The molecule has 2 aromatic carbocycles. The van der Waals surface area contributed by atoms with Crippen molar-refractivity contribution in [3.63, 3.8) is 0 Å². The molecule has 37 heavy (non-hydrogen) atoms. The van der Waals surface area contributed by atoms with Gasteiger partial charge in [0.05, 0.1) is 31.8 Å². The van der Waals surface area contributed by atoms with E-state index in [0.717, 1.165) is 10.1 Å². The van der Waals surface area contributed by atoms with Crippen molar-refractivity contribution >= 4 is 46.0 Å². The summed E-state index contributed by atoms with van der Waals surface area (Å²) < 4.78 is 34.6. The second kappa shape index (κ2) is 10.5. The summed E-state index contributed by atoms with van der Waals surface area (Å²) in [5.74, 6) is 1.12. The fraction of sp³-hybridized carbons (Fsp3) is 0.125. The summed E-state index contributed by atoms with van der Waals surface area (Å²) in [6.07, 6.45) is 1.46. The van der Waals surface area contributed by atoms with Crippen LogP contribution < -0.4 is 15.6 Å². The van der Waals surface area contributed by atoms with Gasteiger partial charge in [0, 0.05) is 10.7 Å². The zero-order chi connectivity index (χ0) is 25.9. The minimum atomic E-state index is -2.65. The minimum Gasteiger partial charge on any atom is -0.454 e. The number of hydrogen-bond acceptors (Lipinski definition) is 7. The highest BCUT2D eigenvalue weighted by Crippen LogP contribution is 2.25. The van der Waals surface area contributed by atoms with Gasteiger partial charge in [0.2, 0.25) is 11.2 Å². The van der Waals surface area contributed by atoms with Gasteiger partial charge >= 0.3 is 5.56 Å².